The molecule has 0 saturated carbocycles. The molecular formula is C25H27FN4O2. The third-order valence-electron chi connectivity index (χ3n) is 5.67. The highest BCUT2D eigenvalue weighted by atomic mass is 19.1. The highest BCUT2D eigenvalue weighted by Crippen LogP contribution is 2.26. The van der Waals surface area contributed by atoms with Crippen LogP contribution in [0.25, 0.3) is 0 Å². The van der Waals surface area contributed by atoms with Gasteiger partial charge in [0.25, 0.3) is 5.91 Å². The van der Waals surface area contributed by atoms with E-state index in [-0.39, 0.29) is 18.3 Å². The summed E-state index contributed by atoms with van der Waals surface area (Å²) in [5, 5.41) is 0. The Balaban J connectivity index is 1.44. The summed E-state index contributed by atoms with van der Waals surface area (Å²) in [6.07, 6.45) is 0.429. The largest absolute Gasteiger partial charge is 0.484 e. The molecule has 0 unspecified atom stereocenters. The van der Waals surface area contributed by atoms with Crippen molar-refractivity contribution < 1.29 is 13.9 Å². The SMILES string of the molecule is Cc1nc(C)c(Cc2ccccc2F)c(N2CCN(C(=O)COc3ccccc3)CC2)n1. The molecule has 3 aromatic rings. The number of para-hydroxylation sites is 1. The highest BCUT2D eigenvalue weighted by molar-refractivity contribution is 5.78. The second kappa shape index (κ2) is 9.77. The molecular weight excluding hydrogens is 407 g/mol. The van der Waals surface area contributed by atoms with Crippen molar-refractivity contribution in [3.63, 3.8) is 0 Å². The van der Waals surface area contributed by atoms with Crippen molar-refractivity contribution in [2.24, 2.45) is 0 Å². The Bertz CT molecular complexity index is 1080. The maximum Gasteiger partial charge on any atom is 0.260 e. The maximum absolute atomic E-state index is 14.3. The lowest BCUT2D eigenvalue weighted by Crippen LogP contribution is -2.50. The lowest BCUT2D eigenvalue weighted by molar-refractivity contribution is -0.133. The fourth-order valence-electron chi connectivity index (χ4n) is 3.94. The lowest BCUT2D eigenvalue weighted by Gasteiger charge is -2.36. The van der Waals surface area contributed by atoms with Gasteiger partial charge in [0.1, 0.15) is 23.2 Å². The van der Waals surface area contributed by atoms with Crippen LogP contribution in [0.2, 0.25) is 0 Å². The van der Waals surface area contributed by atoms with E-state index in [1.807, 2.05) is 55.1 Å². The summed E-state index contributed by atoms with van der Waals surface area (Å²) in [5.74, 6) is 1.93. The average molecular weight is 435 g/mol. The second-order valence-corrected chi connectivity index (χ2v) is 7.90. The molecule has 1 aliphatic rings. The van der Waals surface area contributed by atoms with E-state index in [0.717, 1.165) is 17.1 Å². The summed E-state index contributed by atoms with van der Waals surface area (Å²) >= 11 is 0. The first-order valence-corrected chi connectivity index (χ1v) is 10.8. The molecule has 1 fully saturated rings. The predicted octanol–water partition coefficient (Wildman–Crippen LogP) is 3.55. The van der Waals surface area contributed by atoms with Crippen molar-refractivity contribution in [3.05, 3.63) is 83.1 Å². The number of anilines is 1. The van der Waals surface area contributed by atoms with Gasteiger partial charge in [0.05, 0.1) is 0 Å². The summed E-state index contributed by atoms with van der Waals surface area (Å²) in [6.45, 7) is 6.29. The van der Waals surface area contributed by atoms with Gasteiger partial charge in [-0.1, -0.05) is 36.4 Å². The number of aryl methyl sites for hydroxylation is 2. The van der Waals surface area contributed by atoms with E-state index < -0.39 is 0 Å². The molecule has 0 bridgehead atoms. The summed E-state index contributed by atoms with van der Waals surface area (Å²) in [5.41, 5.74) is 2.40. The van der Waals surface area contributed by atoms with Crippen molar-refractivity contribution >= 4 is 11.7 Å². The van der Waals surface area contributed by atoms with Gasteiger partial charge in [-0.3, -0.25) is 4.79 Å². The van der Waals surface area contributed by atoms with Crippen molar-refractivity contribution in [2.75, 3.05) is 37.7 Å². The van der Waals surface area contributed by atoms with Gasteiger partial charge in [0.2, 0.25) is 0 Å². The van der Waals surface area contributed by atoms with Crippen LogP contribution >= 0.6 is 0 Å². The van der Waals surface area contributed by atoms with Crippen LogP contribution in [0.5, 0.6) is 5.75 Å². The van der Waals surface area contributed by atoms with Crippen LogP contribution in [-0.2, 0) is 11.2 Å². The van der Waals surface area contributed by atoms with Crippen molar-refractivity contribution in [1.82, 2.24) is 14.9 Å². The molecule has 2 aromatic carbocycles. The smallest absolute Gasteiger partial charge is 0.260 e. The number of ether oxygens (including phenoxy) is 1. The normalized spacial score (nSPS) is 13.8. The number of nitrogens with zero attached hydrogens (tertiary/aromatic N) is 4. The quantitative estimate of drug-likeness (QED) is 0.594. The van der Waals surface area contributed by atoms with Gasteiger partial charge < -0.3 is 14.5 Å². The minimum Gasteiger partial charge on any atom is -0.484 e. The molecule has 0 spiro atoms. The number of halogens is 1. The summed E-state index contributed by atoms with van der Waals surface area (Å²) in [4.78, 5) is 25.8. The highest BCUT2D eigenvalue weighted by Gasteiger charge is 2.25. The number of rotatable bonds is 6. The molecule has 1 amide bonds. The van der Waals surface area contributed by atoms with E-state index in [4.69, 9.17) is 9.72 Å². The van der Waals surface area contributed by atoms with E-state index in [1.165, 1.54) is 6.07 Å². The first-order valence-electron chi connectivity index (χ1n) is 10.8. The van der Waals surface area contributed by atoms with Crippen LogP contribution in [-0.4, -0.2) is 53.6 Å². The average Bonchev–Trinajstić information content (AvgIpc) is 2.81. The third kappa shape index (κ3) is 5.04. The molecule has 166 valence electrons. The number of hydrogen-bond donors (Lipinski definition) is 0. The fourth-order valence-corrected chi connectivity index (χ4v) is 3.94. The molecule has 1 aliphatic heterocycles. The molecule has 1 aromatic heterocycles. The van der Waals surface area contributed by atoms with E-state index in [9.17, 15) is 9.18 Å². The molecule has 32 heavy (non-hydrogen) atoms. The predicted molar refractivity (Wildman–Crippen MR) is 121 cm³/mol. The van der Waals surface area contributed by atoms with Gasteiger partial charge >= 0.3 is 0 Å². The second-order valence-electron chi connectivity index (χ2n) is 7.90. The monoisotopic (exact) mass is 434 g/mol. The van der Waals surface area contributed by atoms with Crippen LogP contribution < -0.4 is 9.64 Å². The number of aromatic nitrogens is 2. The molecule has 1 saturated heterocycles. The Morgan fingerprint density at radius 2 is 1.66 bits per heavy atom. The van der Waals surface area contributed by atoms with Crippen molar-refractivity contribution in [3.8, 4) is 5.75 Å². The standard InChI is InChI=1S/C25H27FN4O2/c1-18-22(16-20-8-6-7-11-23(20)26)25(28-19(2)27-18)30-14-12-29(13-15-30)24(31)17-32-21-9-4-3-5-10-21/h3-11H,12-17H2,1-2H3. The zero-order valence-electron chi connectivity index (χ0n) is 18.4. The number of hydrogen-bond acceptors (Lipinski definition) is 5. The number of benzene rings is 2. The minimum absolute atomic E-state index is 0.0221. The number of carbonyl (C=O) groups excluding carboxylic acids is 1. The molecule has 0 N–H and O–H groups in total. The Morgan fingerprint density at radius 3 is 2.38 bits per heavy atom. The number of carbonyl (C=O) groups is 1. The van der Waals surface area contributed by atoms with Crippen LogP contribution in [0.4, 0.5) is 10.2 Å². The molecule has 7 heteroatoms. The van der Waals surface area contributed by atoms with E-state index >= 15 is 0 Å². The summed E-state index contributed by atoms with van der Waals surface area (Å²) in [7, 11) is 0. The molecule has 4 rings (SSSR count). The van der Waals surface area contributed by atoms with Gasteiger partial charge in [-0.05, 0) is 37.6 Å². The van der Waals surface area contributed by atoms with Gasteiger partial charge in [-0.25, -0.2) is 14.4 Å². The molecule has 0 aliphatic carbocycles. The van der Waals surface area contributed by atoms with Gasteiger partial charge in [0, 0.05) is 43.9 Å². The maximum atomic E-state index is 14.3. The van der Waals surface area contributed by atoms with Gasteiger partial charge in [-0.15, -0.1) is 0 Å². The van der Waals surface area contributed by atoms with Crippen LogP contribution in [0.3, 0.4) is 0 Å². The van der Waals surface area contributed by atoms with E-state index in [0.29, 0.717) is 49.7 Å². The molecule has 2 heterocycles. The van der Waals surface area contributed by atoms with Crippen molar-refractivity contribution in [2.45, 2.75) is 20.3 Å². The first-order chi connectivity index (χ1) is 15.5. The first kappa shape index (κ1) is 21.7. The zero-order valence-corrected chi connectivity index (χ0v) is 18.4. The van der Waals surface area contributed by atoms with Gasteiger partial charge in [0.15, 0.2) is 6.61 Å². The Kier molecular flexibility index (Phi) is 6.63. The number of amides is 1. The Labute approximate surface area is 187 Å². The minimum atomic E-state index is -0.229. The third-order valence-corrected chi connectivity index (χ3v) is 5.67. The summed E-state index contributed by atoms with van der Waals surface area (Å²) in [6, 6.07) is 16.1. The van der Waals surface area contributed by atoms with E-state index in [1.54, 1.807) is 12.1 Å². The van der Waals surface area contributed by atoms with E-state index in [2.05, 4.69) is 9.88 Å². The Morgan fingerprint density at radius 1 is 0.969 bits per heavy atom. The molecule has 6 nitrogen and oxygen atoms in total. The molecule has 0 atom stereocenters. The zero-order chi connectivity index (χ0) is 22.5. The van der Waals surface area contributed by atoms with Crippen LogP contribution in [0, 0.1) is 19.7 Å². The van der Waals surface area contributed by atoms with Crippen LogP contribution in [0.1, 0.15) is 22.6 Å². The van der Waals surface area contributed by atoms with Gasteiger partial charge in [-0.2, -0.15) is 0 Å². The molecule has 0 radical (unpaired) electrons. The summed E-state index contributed by atoms with van der Waals surface area (Å²) < 4.78 is 19.9. The topological polar surface area (TPSA) is 58.6 Å². The number of piperazine rings is 1. The van der Waals surface area contributed by atoms with Crippen molar-refractivity contribution in [1.29, 1.82) is 0 Å². The Hall–Kier alpha value is -3.48. The lowest BCUT2D eigenvalue weighted by atomic mass is 10.0. The van der Waals surface area contributed by atoms with Crippen LogP contribution in [0.15, 0.2) is 54.6 Å². The fraction of sp³-hybridized carbons (Fsp3) is 0.320.